The van der Waals surface area contributed by atoms with Crippen molar-refractivity contribution in [2.75, 3.05) is 7.11 Å². The van der Waals surface area contributed by atoms with Crippen LogP contribution in [-0.4, -0.2) is 39.2 Å². The van der Waals surface area contributed by atoms with Crippen molar-refractivity contribution in [2.45, 2.75) is 59.3 Å². The average Bonchev–Trinajstić information content (AvgIpc) is 2.98. The molecule has 0 saturated heterocycles. The zero-order valence-electron chi connectivity index (χ0n) is 16.6. The van der Waals surface area contributed by atoms with Gasteiger partial charge in [0, 0.05) is 30.5 Å². The summed E-state index contributed by atoms with van der Waals surface area (Å²) in [6, 6.07) is 7.96. The van der Waals surface area contributed by atoms with Gasteiger partial charge in [0.2, 0.25) is 0 Å². The fraction of sp³-hybridized carbons (Fsp3) is 0.500. The minimum atomic E-state index is -0.275. The monoisotopic (exact) mass is 358 g/mol. The molecule has 0 fully saturated rings. The second kappa shape index (κ2) is 8.25. The van der Waals surface area contributed by atoms with E-state index in [9.17, 15) is 4.79 Å². The van der Waals surface area contributed by atoms with Crippen LogP contribution in [0, 0.1) is 0 Å². The quantitative estimate of drug-likeness (QED) is 0.857. The van der Waals surface area contributed by atoms with E-state index in [1.165, 1.54) is 0 Å². The molecule has 0 aliphatic heterocycles. The van der Waals surface area contributed by atoms with E-state index >= 15 is 0 Å². The number of imidazole rings is 1. The van der Waals surface area contributed by atoms with E-state index < -0.39 is 0 Å². The molecule has 0 bridgehead atoms. The van der Waals surface area contributed by atoms with Crippen LogP contribution in [0.4, 0.5) is 4.79 Å². The number of carbonyl (C=O) groups is 1. The van der Waals surface area contributed by atoms with Crippen molar-refractivity contribution in [3.05, 3.63) is 48.0 Å². The molecule has 1 heterocycles. The number of carbonyl (C=O) groups excluding carboxylic acids is 1. The molecule has 2 amide bonds. The lowest BCUT2D eigenvalue weighted by Crippen LogP contribution is -2.50. The molecule has 0 aliphatic rings. The van der Waals surface area contributed by atoms with E-state index in [1.807, 2.05) is 65.1 Å². The highest BCUT2D eigenvalue weighted by molar-refractivity contribution is 5.75. The Morgan fingerprint density at radius 1 is 1.27 bits per heavy atom. The van der Waals surface area contributed by atoms with Gasteiger partial charge in [0.05, 0.1) is 13.7 Å². The Morgan fingerprint density at radius 2 is 1.92 bits per heavy atom. The summed E-state index contributed by atoms with van der Waals surface area (Å²) in [4.78, 5) is 18.9. The lowest BCUT2D eigenvalue weighted by Gasteiger charge is -2.31. The number of nitrogens with zero attached hydrogens (tertiary/aromatic N) is 3. The van der Waals surface area contributed by atoms with Crippen LogP contribution in [0.25, 0.3) is 0 Å². The molecule has 0 aliphatic carbocycles. The maximum Gasteiger partial charge on any atom is 0.318 e. The first kappa shape index (κ1) is 19.8. The summed E-state index contributed by atoms with van der Waals surface area (Å²) in [6.07, 6.45) is 3.72. The number of rotatable bonds is 6. The van der Waals surface area contributed by atoms with Crippen molar-refractivity contribution in [3.8, 4) is 5.75 Å². The lowest BCUT2D eigenvalue weighted by molar-refractivity contribution is 0.168. The highest BCUT2D eigenvalue weighted by Crippen LogP contribution is 2.15. The molecule has 0 saturated carbocycles. The second-order valence-electron chi connectivity index (χ2n) is 7.72. The Bertz CT molecular complexity index is 714. The van der Waals surface area contributed by atoms with Crippen LogP contribution in [0.15, 0.2) is 36.7 Å². The minimum Gasteiger partial charge on any atom is -0.497 e. The van der Waals surface area contributed by atoms with Crippen molar-refractivity contribution < 1.29 is 9.53 Å². The van der Waals surface area contributed by atoms with E-state index in [0.717, 1.165) is 17.1 Å². The maximum absolute atomic E-state index is 12.6. The van der Waals surface area contributed by atoms with Crippen molar-refractivity contribution in [3.63, 3.8) is 0 Å². The van der Waals surface area contributed by atoms with Gasteiger partial charge >= 0.3 is 6.03 Å². The van der Waals surface area contributed by atoms with E-state index in [4.69, 9.17) is 4.74 Å². The zero-order valence-corrected chi connectivity index (χ0v) is 16.6. The molecular weight excluding hydrogens is 328 g/mol. The summed E-state index contributed by atoms with van der Waals surface area (Å²) < 4.78 is 7.27. The number of hydrogen-bond acceptors (Lipinski definition) is 3. The van der Waals surface area contributed by atoms with Crippen LogP contribution < -0.4 is 10.1 Å². The number of nitrogens with one attached hydrogen (secondary N) is 1. The first-order valence-corrected chi connectivity index (χ1v) is 8.91. The first-order valence-electron chi connectivity index (χ1n) is 8.91. The van der Waals surface area contributed by atoms with Gasteiger partial charge in [0.1, 0.15) is 11.6 Å². The predicted octanol–water partition coefficient (Wildman–Crippen LogP) is 3.66. The van der Waals surface area contributed by atoms with Gasteiger partial charge < -0.3 is 19.5 Å². The molecule has 1 N–H and O–H groups in total. The fourth-order valence-electron chi connectivity index (χ4n) is 2.60. The van der Waals surface area contributed by atoms with Gasteiger partial charge in [-0.25, -0.2) is 9.78 Å². The van der Waals surface area contributed by atoms with Crippen LogP contribution in [0.3, 0.4) is 0 Å². The zero-order chi connectivity index (χ0) is 19.3. The molecule has 6 heteroatoms. The van der Waals surface area contributed by atoms with Crippen LogP contribution >= 0.6 is 0 Å². The molecule has 0 radical (unpaired) electrons. The predicted molar refractivity (Wildman–Crippen MR) is 103 cm³/mol. The molecule has 0 spiro atoms. The highest BCUT2D eigenvalue weighted by atomic mass is 16.5. The third kappa shape index (κ3) is 5.51. The Hall–Kier alpha value is -2.50. The topological polar surface area (TPSA) is 59.4 Å². The van der Waals surface area contributed by atoms with Crippen molar-refractivity contribution >= 4 is 6.03 Å². The molecule has 142 valence electrons. The summed E-state index contributed by atoms with van der Waals surface area (Å²) >= 11 is 0. The molecule has 2 rings (SSSR count). The van der Waals surface area contributed by atoms with Gasteiger partial charge in [0.15, 0.2) is 0 Å². The average molecular weight is 358 g/mol. The smallest absolute Gasteiger partial charge is 0.318 e. The van der Waals surface area contributed by atoms with Gasteiger partial charge in [-0.2, -0.15) is 0 Å². The Balaban J connectivity index is 2.13. The summed E-state index contributed by atoms with van der Waals surface area (Å²) in [5.41, 5.74) is 0.878. The Morgan fingerprint density at radius 3 is 2.46 bits per heavy atom. The number of hydrogen-bond donors (Lipinski definition) is 1. The molecule has 0 atom stereocenters. The molecular formula is C20H30N4O2. The number of urea groups is 1. The third-order valence-corrected chi connectivity index (χ3v) is 3.99. The van der Waals surface area contributed by atoms with E-state index in [-0.39, 0.29) is 17.6 Å². The standard InChI is InChI=1S/C20H30N4O2/c1-15(2)24(19(25)22-20(3,4)5)14-18-21-11-12-23(18)13-16-7-9-17(26-6)10-8-16/h7-12,15H,13-14H2,1-6H3,(H,22,25). The maximum atomic E-state index is 12.6. The number of aromatic nitrogens is 2. The minimum absolute atomic E-state index is 0.0727. The van der Waals surface area contributed by atoms with Gasteiger partial charge in [-0.15, -0.1) is 0 Å². The SMILES string of the molecule is COc1ccc(Cn2ccnc2CN(C(=O)NC(C)(C)C)C(C)C)cc1. The number of amides is 2. The molecule has 6 nitrogen and oxygen atoms in total. The number of methoxy groups -OCH3 is 1. The number of benzene rings is 1. The molecule has 0 unspecified atom stereocenters. The molecule has 2 aromatic rings. The van der Waals surface area contributed by atoms with Gasteiger partial charge in [-0.3, -0.25) is 0 Å². The summed E-state index contributed by atoms with van der Waals surface area (Å²) in [5, 5.41) is 3.03. The third-order valence-electron chi connectivity index (χ3n) is 3.99. The first-order chi connectivity index (χ1) is 12.2. The van der Waals surface area contributed by atoms with Crippen LogP contribution in [0.2, 0.25) is 0 Å². The highest BCUT2D eigenvalue weighted by Gasteiger charge is 2.23. The van der Waals surface area contributed by atoms with Crippen LogP contribution in [-0.2, 0) is 13.1 Å². The largest absolute Gasteiger partial charge is 0.497 e. The second-order valence-corrected chi connectivity index (χ2v) is 7.72. The summed E-state index contributed by atoms with van der Waals surface area (Å²) in [6.45, 7) is 11.1. The Labute approximate surface area is 156 Å². The van der Waals surface area contributed by atoms with Gasteiger partial charge in [0.25, 0.3) is 0 Å². The van der Waals surface area contributed by atoms with Crippen LogP contribution in [0.5, 0.6) is 5.75 Å². The molecule has 1 aromatic heterocycles. The van der Waals surface area contributed by atoms with E-state index in [2.05, 4.69) is 14.9 Å². The van der Waals surface area contributed by atoms with Crippen LogP contribution in [0.1, 0.15) is 46.0 Å². The molecule has 1 aromatic carbocycles. The normalized spacial score (nSPS) is 11.5. The summed E-state index contributed by atoms with van der Waals surface area (Å²) in [5.74, 6) is 1.70. The van der Waals surface area contributed by atoms with Crippen molar-refractivity contribution in [1.29, 1.82) is 0 Å². The van der Waals surface area contributed by atoms with Gasteiger partial charge in [-0.05, 0) is 52.3 Å². The Kier molecular flexibility index (Phi) is 6.29. The van der Waals surface area contributed by atoms with Crippen molar-refractivity contribution in [2.24, 2.45) is 0 Å². The van der Waals surface area contributed by atoms with E-state index in [1.54, 1.807) is 18.2 Å². The van der Waals surface area contributed by atoms with Crippen molar-refractivity contribution in [1.82, 2.24) is 19.8 Å². The summed E-state index contributed by atoms with van der Waals surface area (Å²) in [7, 11) is 1.66. The lowest BCUT2D eigenvalue weighted by atomic mass is 10.1. The van der Waals surface area contributed by atoms with E-state index in [0.29, 0.717) is 13.1 Å². The number of ether oxygens (including phenoxy) is 1. The fourth-order valence-corrected chi connectivity index (χ4v) is 2.60. The van der Waals surface area contributed by atoms with Gasteiger partial charge in [-0.1, -0.05) is 12.1 Å². The molecule has 26 heavy (non-hydrogen) atoms.